The smallest absolute Gasteiger partial charge is 0.160 e. The van der Waals surface area contributed by atoms with Gasteiger partial charge in [-0.3, -0.25) is 0 Å². The molecule has 68 valence electrons. The predicted octanol–water partition coefficient (Wildman–Crippen LogP) is 2.75. The van der Waals surface area contributed by atoms with E-state index < -0.39 is 0 Å². The molecule has 3 nitrogen and oxygen atoms in total. The molecule has 1 aromatic rings. The summed E-state index contributed by atoms with van der Waals surface area (Å²) in [5.41, 5.74) is 2.28. The molecular formula is C5H5Cl4N3. The minimum Gasteiger partial charge on any atom is -0.307 e. The molecule has 1 aromatic heterocycles. The summed E-state index contributed by atoms with van der Waals surface area (Å²) in [4.78, 5) is 3.76. The molecule has 0 fully saturated rings. The van der Waals surface area contributed by atoms with Gasteiger partial charge < -0.3 is 5.43 Å². The third kappa shape index (κ3) is 2.54. The van der Waals surface area contributed by atoms with E-state index in [4.69, 9.17) is 40.6 Å². The highest BCUT2D eigenvalue weighted by Crippen LogP contribution is 2.27. The molecule has 0 bridgehead atoms. The van der Waals surface area contributed by atoms with Gasteiger partial charge in [0.15, 0.2) is 5.82 Å². The molecule has 0 aliphatic rings. The lowest BCUT2D eigenvalue weighted by Gasteiger charge is -2.02. The summed E-state index contributed by atoms with van der Waals surface area (Å²) in [7, 11) is 0. The monoisotopic (exact) mass is 247 g/mol. The maximum absolute atomic E-state index is 5.65. The zero-order valence-electron chi connectivity index (χ0n) is 5.64. The van der Waals surface area contributed by atoms with Gasteiger partial charge in [-0.25, -0.2) is 10.8 Å². The van der Waals surface area contributed by atoms with Crippen molar-refractivity contribution in [3.8, 4) is 0 Å². The number of hydrogen-bond donors (Lipinski definition) is 2. The van der Waals surface area contributed by atoms with Crippen LogP contribution in [0, 0.1) is 0 Å². The zero-order chi connectivity index (χ0) is 8.43. The van der Waals surface area contributed by atoms with E-state index >= 15 is 0 Å². The molecule has 3 N–H and O–H groups in total. The summed E-state index contributed by atoms with van der Waals surface area (Å²) >= 11 is 16.8. The van der Waals surface area contributed by atoms with Crippen molar-refractivity contribution >= 4 is 53.0 Å². The maximum atomic E-state index is 5.65. The highest BCUT2D eigenvalue weighted by atomic mass is 35.5. The van der Waals surface area contributed by atoms with E-state index in [2.05, 4.69) is 10.4 Å². The van der Waals surface area contributed by atoms with E-state index in [9.17, 15) is 0 Å². The van der Waals surface area contributed by atoms with Gasteiger partial charge in [-0.1, -0.05) is 34.8 Å². The fraction of sp³-hybridized carbons (Fsp3) is 0. The van der Waals surface area contributed by atoms with Crippen molar-refractivity contribution in [2.24, 2.45) is 5.84 Å². The number of nitrogens with two attached hydrogens (primary N) is 1. The molecular weight excluding hydrogens is 244 g/mol. The average molecular weight is 249 g/mol. The lowest BCUT2D eigenvalue weighted by Crippen LogP contribution is -2.09. The second-order valence-electron chi connectivity index (χ2n) is 1.74. The molecule has 0 aliphatic heterocycles. The van der Waals surface area contributed by atoms with Crippen molar-refractivity contribution in [2.75, 3.05) is 5.43 Å². The normalized spacial score (nSPS) is 9.00. The van der Waals surface area contributed by atoms with E-state index in [1.54, 1.807) is 0 Å². The molecule has 0 aromatic carbocycles. The Hall–Kier alpha value is 0.0700. The summed E-state index contributed by atoms with van der Waals surface area (Å²) in [6, 6.07) is 1.47. The number of nitrogens with one attached hydrogen (secondary N) is 1. The van der Waals surface area contributed by atoms with Crippen LogP contribution in [0.3, 0.4) is 0 Å². The highest BCUT2D eigenvalue weighted by molar-refractivity contribution is 6.42. The van der Waals surface area contributed by atoms with Gasteiger partial charge in [0.05, 0.1) is 10.0 Å². The summed E-state index contributed by atoms with van der Waals surface area (Å²) in [5.74, 6) is 5.38. The van der Waals surface area contributed by atoms with Gasteiger partial charge >= 0.3 is 0 Å². The quantitative estimate of drug-likeness (QED) is 0.457. The summed E-state index contributed by atoms with van der Waals surface area (Å²) in [5, 5.41) is 0.807. The first kappa shape index (κ1) is 12.1. The van der Waals surface area contributed by atoms with E-state index in [-0.39, 0.29) is 17.6 Å². The molecule has 12 heavy (non-hydrogen) atoms. The van der Waals surface area contributed by atoms with Gasteiger partial charge in [0.25, 0.3) is 0 Å². The topological polar surface area (TPSA) is 50.9 Å². The van der Waals surface area contributed by atoms with Crippen LogP contribution < -0.4 is 11.3 Å². The highest BCUT2D eigenvalue weighted by Gasteiger charge is 2.05. The first-order valence-electron chi connectivity index (χ1n) is 2.63. The first-order chi connectivity index (χ1) is 5.15. The van der Waals surface area contributed by atoms with Crippen LogP contribution in [-0.4, -0.2) is 4.98 Å². The number of pyridine rings is 1. The number of hydrazine groups is 1. The molecule has 0 aliphatic carbocycles. The Kier molecular flexibility index (Phi) is 4.97. The molecule has 0 saturated heterocycles. The average Bonchev–Trinajstić information content (AvgIpc) is 1.97. The molecule has 0 spiro atoms. The van der Waals surface area contributed by atoms with Crippen molar-refractivity contribution < 1.29 is 0 Å². The van der Waals surface area contributed by atoms with Crippen LogP contribution >= 0.6 is 47.2 Å². The maximum Gasteiger partial charge on any atom is 0.160 e. The van der Waals surface area contributed by atoms with Gasteiger partial charge in [0, 0.05) is 0 Å². The Morgan fingerprint density at radius 2 is 1.83 bits per heavy atom. The Balaban J connectivity index is 0.00000121. The fourth-order valence-corrected chi connectivity index (χ4v) is 1.10. The van der Waals surface area contributed by atoms with Crippen molar-refractivity contribution in [1.82, 2.24) is 4.98 Å². The summed E-state index contributed by atoms with van der Waals surface area (Å²) in [6.45, 7) is 0. The van der Waals surface area contributed by atoms with Crippen LogP contribution in [0.25, 0.3) is 0 Å². The minimum atomic E-state index is 0. The van der Waals surface area contributed by atoms with Gasteiger partial charge in [-0.05, 0) is 6.07 Å². The molecule has 0 atom stereocenters. The summed E-state index contributed by atoms with van der Waals surface area (Å²) in [6.07, 6.45) is 0. The zero-order valence-corrected chi connectivity index (χ0v) is 8.73. The van der Waals surface area contributed by atoms with Crippen LogP contribution in [0.1, 0.15) is 0 Å². The largest absolute Gasteiger partial charge is 0.307 e. The standard InChI is InChI=1S/C5H4Cl3N3.ClH/c6-2-1-3(7)5(11-9)10-4(2)8;/h1H,9H2,(H,10,11);1H. The van der Waals surface area contributed by atoms with Crippen molar-refractivity contribution in [3.05, 3.63) is 21.3 Å². The second-order valence-corrected chi connectivity index (χ2v) is 2.91. The van der Waals surface area contributed by atoms with Crippen LogP contribution in [0.15, 0.2) is 6.07 Å². The number of nitrogens with zero attached hydrogens (tertiary/aromatic N) is 1. The lowest BCUT2D eigenvalue weighted by molar-refractivity contribution is 1.23. The molecule has 1 rings (SSSR count). The van der Waals surface area contributed by atoms with Gasteiger partial charge in [-0.15, -0.1) is 12.4 Å². The number of anilines is 1. The molecule has 0 saturated carbocycles. The van der Waals surface area contributed by atoms with E-state index in [1.165, 1.54) is 6.07 Å². The van der Waals surface area contributed by atoms with Crippen LogP contribution in [0.2, 0.25) is 15.2 Å². The van der Waals surface area contributed by atoms with Crippen LogP contribution in [-0.2, 0) is 0 Å². The first-order valence-corrected chi connectivity index (χ1v) is 3.76. The summed E-state index contributed by atoms with van der Waals surface area (Å²) < 4.78 is 0. The Morgan fingerprint density at radius 3 is 2.33 bits per heavy atom. The Labute approximate surface area is 90.6 Å². The predicted molar refractivity (Wildman–Crippen MR) is 54.3 cm³/mol. The molecule has 7 heteroatoms. The van der Waals surface area contributed by atoms with E-state index in [1.807, 2.05) is 0 Å². The number of hydrogen-bond acceptors (Lipinski definition) is 3. The number of rotatable bonds is 1. The van der Waals surface area contributed by atoms with Crippen molar-refractivity contribution in [2.45, 2.75) is 0 Å². The van der Waals surface area contributed by atoms with Crippen LogP contribution in [0.4, 0.5) is 5.82 Å². The van der Waals surface area contributed by atoms with Gasteiger partial charge in [-0.2, -0.15) is 0 Å². The van der Waals surface area contributed by atoms with Crippen molar-refractivity contribution in [3.63, 3.8) is 0 Å². The number of nitrogen functional groups attached to an aromatic ring is 1. The van der Waals surface area contributed by atoms with Crippen molar-refractivity contribution in [1.29, 1.82) is 0 Å². The Bertz CT molecular complexity index is 278. The lowest BCUT2D eigenvalue weighted by atomic mass is 10.4. The Morgan fingerprint density at radius 1 is 1.25 bits per heavy atom. The van der Waals surface area contributed by atoms with E-state index in [0.29, 0.717) is 15.9 Å². The number of halogens is 4. The third-order valence-electron chi connectivity index (χ3n) is 1.02. The minimum absolute atomic E-state index is 0. The molecule has 0 unspecified atom stereocenters. The molecule has 0 amide bonds. The SMILES string of the molecule is Cl.NNc1nc(Cl)c(Cl)cc1Cl. The molecule has 0 radical (unpaired) electrons. The fourth-order valence-electron chi connectivity index (χ4n) is 0.545. The molecule has 1 heterocycles. The van der Waals surface area contributed by atoms with Crippen LogP contribution in [0.5, 0.6) is 0 Å². The van der Waals surface area contributed by atoms with E-state index in [0.717, 1.165) is 0 Å². The van der Waals surface area contributed by atoms with Gasteiger partial charge in [0.2, 0.25) is 0 Å². The number of aromatic nitrogens is 1. The third-order valence-corrected chi connectivity index (χ3v) is 1.98. The second kappa shape index (κ2) is 4.94. The van der Waals surface area contributed by atoms with Gasteiger partial charge in [0.1, 0.15) is 5.15 Å².